The van der Waals surface area contributed by atoms with Crippen molar-refractivity contribution in [3.8, 4) is 0 Å². The van der Waals surface area contributed by atoms with Crippen molar-refractivity contribution < 1.29 is 4.79 Å². The van der Waals surface area contributed by atoms with E-state index in [-0.39, 0.29) is 18.3 Å². The van der Waals surface area contributed by atoms with Crippen LogP contribution in [0.5, 0.6) is 0 Å². The number of carbonyl (C=O) groups is 1. The van der Waals surface area contributed by atoms with Gasteiger partial charge in [0.2, 0.25) is 0 Å². The van der Waals surface area contributed by atoms with E-state index in [0.717, 1.165) is 26.1 Å². The fourth-order valence-corrected chi connectivity index (χ4v) is 1.96. The third-order valence-corrected chi connectivity index (χ3v) is 3.07. The Hall–Kier alpha value is -0.770. The van der Waals surface area contributed by atoms with Crippen molar-refractivity contribution in [3.05, 3.63) is 34.9 Å². The molecule has 0 spiro atoms. The summed E-state index contributed by atoms with van der Waals surface area (Å²) in [5, 5.41) is 6.86. The highest BCUT2D eigenvalue weighted by Gasteiger charge is 2.15. The highest BCUT2D eigenvalue weighted by atomic mass is 35.5. The van der Waals surface area contributed by atoms with Gasteiger partial charge in [-0.3, -0.25) is 4.79 Å². The molecule has 1 aliphatic heterocycles. The first-order valence-corrected chi connectivity index (χ1v) is 5.88. The van der Waals surface area contributed by atoms with Gasteiger partial charge >= 0.3 is 0 Å². The number of rotatable bonds is 3. The van der Waals surface area contributed by atoms with E-state index in [4.69, 9.17) is 11.6 Å². The second-order valence-electron chi connectivity index (χ2n) is 4.08. The average molecular weight is 275 g/mol. The van der Waals surface area contributed by atoms with Gasteiger partial charge in [0.25, 0.3) is 5.91 Å². The summed E-state index contributed by atoms with van der Waals surface area (Å²) in [4.78, 5) is 11.7. The van der Waals surface area contributed by atoms with Gasteiger partial charge in [0.1, 0.15) is 0 Å². The van der Waals surface area contributed by atoms with Gasteiger partial charge in [-0.25, -0.2) is 0 Å². The van der Waals surface area contributed by atoms with E-state index in [1.807, 2.05) is 0 Å². The van der Waals surface area contributed by atoms with E-state index in [1.165, 1.54) is 0 Å². The Kier molecular flexibility index (Phi) is 5.75. The third-order valence-electron chi connectivity index (χ3n) is 2.82. The number of hydrogen-bond donors (Lipinski definition) is 2. The summed E-state index contributed by atoms with van der Waals surface area (Å²) in [5.41, 5.74) is 0.662. The molecule has 0 radical (unpaired) electrons. The van der Waals surface area contributed by atoms with E-state index in [1.54, 1.807) is 24.3 Å². The predicted molar refractivity (Wildman–Crippen MR) is 72.0 cm³/mol. The van der Waals surface area contributed by atoms with E-state index in [9.17, 15) is 4.79 Å². The third kappa shape index (κ3) is 4.19. The van der Waals surface area contributed by atoms with Crippen LogP contribution in [0.2, 0.25) is 5.02 Å². The molecule has 0 bridgehead atoms. The lowest BCUT2D eigenvalue weighted by Crippen LogP contribution is -2.30. The van der Waals surface area contributed by atoms with Gasteiger partial charge < -0.3 is 10.6 Å². The lowest BCUT2D eigenvalue weighted by molar-refractivity contribution is 0.0948. The molecule has 0 aromatic heterocycles. The van der Waals surface area contributed by atoms with E-state index in [2.05, 4.69) is 10.6 Å². The van der Waals surface area contributed by atoms with Crippen molar-refractivity contribution in [2.24, 2.45) is 5.92 Å². The van der Waals surface area contributed by atoms with Crippen molar-refractivity contribution in [3.63, 3.8) is 0 Å². The Morgan fingerprint density at radius 2 is 2.12 bits per heavy atom. The monoisotopic (exact) mass is 274 g/mol. The van der Waals surface area contributed by atoms with E-state index < -0.39 is 0 Å². The zero-order chi connectivity index (χ0) is 11.4. The quantitative estimate of drug-likeness (QED) is 0.887. The standard InChI is InChI=1S/C12H15ClN2O.ClH/c13-11-3-1-10(2-4-11)12(16)15-8-9-5-6-14-7-9;/h1-4,9,14H,5-8H2,(H,15,16);1H. The molecule has 0 saturated carbocycles. The van der Waals surface area contributed by atoms with Gasteiger partial charge in [0.15, 0.2) is 0 Å². The molecule has 1 aromatic rings. The van der Waals surface area contributed by atoms with Crippen LogP contribution >= 0.6 is 24.0 Å². The highest BCUT2D eigenvalue weighted by Crippen LogP contribution is 2.10. The van der Waals surface area contributed by atoms with Crippen LogP contribution in [0.4, 0.5) is 0 Å². The summed E-state index contributed by atoms with van der Waals surface area (Å²) in [7, 11) is 0. The van der Waals surface area contributed by atoms with Crippen molar-refractivity contribution in [2.75, 3.05) is 19.6 Å². The van der Waals surface area contributed by atoms with Crippen molar-refractivity contribution >= 4 is 29.9 Å². The van der Waals surface area contributed by atoms with Crippen molar-refractivity contribution in [1.82, 2.24) is 10.6 Å². The molecule has 1 fully saturated rings. The Morgan fingerprint density at radius 1 is 1.41 bits per heavy atom. The van der Waals surface area contributed by atoms with Crippen LogP contribution in [-0.4, -0.2) is 25.5 Å². The average Bonchev–Trinajstić information content (AvgIpc) is 2.80. The van der Waals surface area contributed by atoms with Crippen molar-refractivity contribution in [1.29, 1.82) is 0 Å². The molecule has 3 nitrogen and oxygen atoms in total. The topological polar surface area (TPSA) is 41.1 Å². The van der Waals surface area contributed by atoms with Gasteiger partial charge in [-0.2, -0.15) is 0 Å². The molecular formula is C12H16Cl2N2O. The number of benzene rings is 1. The highest BCUT2D eigenvalue weighted by molar-refractivity contribution is 6.30. The summed E-state index contributed by atoms with van der Waals surface area (Å²) < 4.78 is 0. The largest absolute Gasteiger partial charge is 0.352 e. The maximum absolute atomic E-state index is 11.7. The molecule has 1 unspecified atom stereocenters. The molecule has 2 N–H and O–H groups in total. The smallest absolute Gasteiger partial charge is 0.251 e. The first-order chi connectivity index (χ1) is 7.75. The van der Waals surface area contributed by atoms with Crippen molar-refractivity contribution in [2.45, 2.75) is 6.42 Å². The predicted octanol–water partition coefficient (Wildman–Crippen LogP) is 2.10. The molecule has 17 heavy (non-hydrogen) atoms. The summed E-state index contributed by atoms with van der Waals surface area (Å²) in [6.45, 7) is 2.80. The summed E-state index contributed by atoms with van der Waals surface area (Å²) in [6.07, 6.45) is 1.14. The summed E-state index contributed by atoms with van der Waals surface area (Å²) >= 11 is 5.76. The maximum Gasteiger partial charge on any atom is 0.251 e. The fourth-order valence-electron chi connectivity index (χ4n) is 1.83. The number of carbonyl (C=O) groups excluding carboxylic acids is 1. The number of nitrogens with one attached hydrogen (secondary N) is 2. The molecular weight excluding hydrogens is 259 g/mol. The molecule has 5 heteroatoms. The van der Waals surface area contributed by atoms with Crippen LogP contribution in [0.15, 0.2) is 24.3 Å². The van der Waals surface area contributed by atoms with E-state index in [0.29, 0.717) is 16.5 Å². The molecule has 1 heterocycles. The Bertz CT molecular complexity index is 361. The molecule has 0 aliphatic carbocycles. The number of amides is 1. The van der Waals surface area contributed by atoms with Crippen LogP contribution in [0.1, 0.15) is 16.8 Å². The van der Waals surface area contributed by atoms with Gasteiger partial charge in [-0.1, -0.05) is 11.6 Å². The summed E-state index contributed by atoms with van der Waals surface area (Å²) in [5.74, 6) is 0.541. The van der Waals surface area contributed by atoms with Gasteiger partial charge in [-0.05, 0) is 49.7 Å². The fraction of sp³-hybridized carbons (Fsp3) is 0.417. The van der Waals surface area contributed by atoms with Gasteiger partial charge in [0, 0.05) is 17.1 Å². The lowest BCUT2D eigenvalue weighted by Gasteiger charge is -2.09. The normalized spacial score (nSPS) is 18.5. The zero-order valence-corrected chi connectivity index (χ0v) is 11.0. The van der Waals surface area contributed by atoms with Gasteiger partial charge in [-0.15, -0.1) is 12.4 Å². The van der Waals surface area contributed by atoms with Crippen LogP contribution in [0.3, 0.4) is 0 Å². The number of halogens is 2. The van der Waals surface area contributed by atoms with Gasteiger partial charge in [0.05, 0.1) is 0 Å². The Labute approximate surface area is 112 Å². The zero-order valence-electron chi connectivity index (χ0n) is 9.41. The van der Waals surface area contributed by atoms with Crippen LogP contribution in [-0.2, 0) is 0 Å². The molecule has 2 rings (SSSR count). The summed E-state index contributed by atoms with van der Waals surface area (Å²) in [6, 6.07) is 6.94. The molecule has 1 aliphatic rings. The number of hydrogen-bond acceptors (Lipinski definition) is 2. The van der Waals surface area contributed by atoms with Crippen LogP contribution in [0.25, 0.3) is 0 Å². The van der Waals surface area contributed by atoms with Crippen LogP contribution in [0, 0.1) is 5.92 Å². The minimum Gasteiger partial charge on any atom is -0.352 e. The molecule has 94 valence electrons. The minimum absolute atomic E-state index is 0. The lowest BCUT2D eigenvalue weighted by atomic mass is 10.1. The van der Waals surface area contributed by atoms with Crippen LogP contribution < -0.4 is 10.6 Å². The minimum atomic E-state index is -0.0245. The second kappa shape index (κ2) is 6.84. The van der Waals surface area contributed by atoms with E-state index >= 15 is 0 Å². The molecule has 1 aromatic carbocycles. The maximum atomic E-state index is 11.7. The molecule has 1 saturated heterocycles. The second-order valence-corrected chi connectivity index (χ2v) is 4.51. The Balaban J connectivity index is 0.00000144. The first-order valence-electron chi connectivity index (χ1n) is 5.50. The molecule has 1 amide bonds. The Morgan fingerprint density at radius 3 is 2.71 bits per heavy atom. The molecule has 1 atom stereocenters. The first kappa shape index (κ1) is 14.3. The SMILES string of the molecule is Cl.O=C(NCC1CCNC1)c1ccc(Cl)cc1.